The molecule has 0 aromatic heterocycles. The van der Waals surface area contributed by atoms with E-state index in [4.69, 9.17) is 4.74 Å². The van der Waals surface area contributed by atoms with Crippen molar-refractivity contribution >= 4 is 39.1 Å². The molecule has 0 radical (unpaired) electrons. The Kier molecular flexibility index (Phi) is 5.76. The lowest BCUT2D eigenvalue weighted by molar-refractivity contribution is -0.115. The van der Waals surface area contributed by atoms with Gasteiger partial charge in [-0.25, -0.2) is 0 Å². The molecule has 6 heteroatoms. The van der Waals surface area contributed by atoms with Gasteiger partial charge in [0.2, 0.25) is 5.91 Å². The normalized spacial score (nSPS) is 10.0. The first-order valence-corrected chi connectivity index (χ1v) is 7.87. The second-order valence-electron chi connectivity index (χ2n) is 4.78. The number of ether oxygens (including phenoxy) is 1. The zero-order chi connectivity index (χ0) is 16.8. The average molecular weight is 377 g/mol. The topological polar surface area (TPSA) is 67.4 Å². The summed E-state index contributed by atoms with van der Waals surface area (Å²) in [5, 5.41) is 5.55. The third-order valence-corrected chi connectivity index (χ3v) is 3.62. The first kappa shape index (κ1) is 17.0. The molecule has 0 unspecified atom stereocenters. The first-order chi connectivity index (χ1) is 11.0. The molecule has 0 bridgehead atoms. The summed E-state index contributed by atoms with van der Waals surface area (Å²) in [4.78, 5) is 23.9. The highest BCUT2D eigenvalue weighted by Crippen LogP contribution is 2.24. The predicted molar refractivity (Wildman–Crippen MR) is 94.0 cm³/mol. The molecule has 0 heterocycles. The van der Waals surface area contributed by atoms with E-state index in [1.165, 1.54) is 7.11 Å². The minimum Gasteiger partial charge on any atom is -0.496 e. The average Bonchev–Trinajstić information content (AvgIpc) is 2.55. The molecule has 0 spiro atoms. The highest BCUT2D eigenvalue weighted by atomic mass is 79.9. The minimum absolute atomic E-state index is 0.0814. The van der Waals surface area contributed by atoms with Gasteiger partial charge in [-0.05, 0) is 36.4 Å². The largest absolute Gasteiger partial charge is 0.496 e. The second kappa shape index (κ2) is 7.78. The van der Waals surface area contributed by atoms with Crippen molar-refractivity contribution in [3.8, 4) is 5.75 Å². The maximum absolute atomic E-state index is 12.4. The van der Waals surface area contributed by atoms with Crippen LogP contribution in [0.25, 0.3) is 0 Å². The van der Waals surface area contributed by atoms with Crippen LogP contribution in [0, 0.1) is 0 Å². The predicted octanol–water partition coefficient (Wildman–Crippen LogP) is 4.06. The van der Waals surface area contributed by atoms with Gasteiger partial charge in [-0.1, -0.05) is 28.9 Å². The molecule has 23 heavy (non-hydrogen) atoms. The van der Waals surface area contributed by atoms with Crippen LogP contribution in [0.15, 0.2) is 46.9 Å². The summed E-state index contributed by atoms with van der Waals surface area (Å²) >= 11 is 3.34. The van der Waals surface area contributed by atoms with Crippen molar-refractivity contribution in [1.82, 2.24) is 0 Å². The highest BCUT2D eigenvalue weighted by Gasteiger charge is 2.13. The van der Waals surface area contributed by atoms with Gasteiger partial charge in [-0.15, -0.1) is 0 Å². The van der Waals surface area contributed by atoms with Crippen LogP contribution in [0.4, 0.5) is 11.4 Å². The third kappa shape index (κ3) is 4.56. The van der Waals surface area contributed by atoms with Crippen LogP contribution in [0.1, 0.15) is 23.7 Å². The number of amides is 2. The van der Waals surface area contributed by atoms with Crippen molar-refractivity contribution in [3.05, 3.63) is 52.5 Å². The van der Waals surface area contributed by atoms with Crippen LogP contribution in [0.3, 0.4) is 0 Å². The van der Waals surface area contributed by atoms with Gasteiger partial charge in [0.1, 0.15) is 5.75 Å². The lowest BCUT2D eigenvalue weighted by atomic mass is 10.1. The van der Waals surface area contributed by atoms with E-state index in [1.54, 1.807) is 49.4 Å². The van der Waals surface area contributed by atoms with E-state index in [1.807, 2.05) is 0 Å². The molecule has 0 saturated carbocycles. The first-order valence-electron chi connectivity index (χ1n) is 7.08. The van der Waals surface area contributed by atoms with Gasteiger partial charge in [0.05, 0.1) is 12.7 Å². The van der Waals surface area contributed by atoms with Gasteiger partial charge in [-0.2, -0.15) is 0 Å². The van der Waals surface area contributed by atoms with Crippen LogP contribution in [0.2, 0.25) is 0 Å². The number of rotatable bonds is 5. The number of benzene rings is 2. The van der Waals surface area contributed by atoms with Gasteiger partial charge < -0.3 is 15.4 Å². The Morgan fingerprint density at radius 1 is 1.09 bits per heavy atom. The fraction of sp³-hybridized carbons (Fsp3) is 0.176. The van der Waals surface area contributed by atoms with Gasteiger partial charge in [0, 0.05) is 22.3 Å². The number of hydrogen-bond donors (Lipinski definition) is 2. The molecular weight excluding hydrogens is 360 g/mol. The molecular formula is C17H17BrN2O3. The lowest BCUT2D eigenvalue weighted by Gasteiger charge is -2.11. The highest BCUT2D eigenvalue weighted by molar-refractivity contribution is 9.10. The number of anilines is 2. The number of nitrogens with one attached hydrogen (secondary N) is 2. The third-order valence-electron chi connectivity index (χ3n) is 3.13. The van der Waals surface area contributed by atoms with Crippen LogP contribution in [-0.2, 0) is 4.79 Å². The van der Waals surface area contributed by atoms with Crippen molar-refractivity contribution in [2.45, 2.75) is 13.3 Å². The van der Waals surface area contributed by atoms with E-state index in [0.717, 1.165) is 4.47 Å². The Hall–Kier alpha value is -2.34. The summed E-state index contributed by atoms with van der Waals surface area (Å²) in [5.74, 6) is 0.116. The fourth-order valence-electron chi connectivity index (χ4n) is 1.98. The van der Waals surface area contributed by atoms with Gasteiger partial charge >= 0.3 is 0 Å². The van der Waals surface area contributed by atoms with Crippen molar-refractivity contribution in [2.75, 3.05) is 17.7 Å². The SMILES string of the molecule is CCC(=O)Nc1cccc(NC(=O)c2cc(Br)ccc2OC)c1. The van der Waals surface area contributed by atoms with Gasteiger partial charge in [0.25, 0.3) is 5.91 Å². The summed E-state index contributed by atoms with van der Waals surface area (Å²) in [6.45, 7) is 1.78. The quantitative estimate of drug-likeness (QED) is 0.826. The summed E-state index contributed by atoms with van der Waals surface area (Å²) < 4.78 is 6.00. The maximum Gasteiger partial charge on any atom is 0.259 e. The Morgan fingerprint density at radius 3 is 2.43 bits per heavy atom. The Labute approximate surface area is 143 Å². The van der Waals surface area contributed by atoms with Crippen molar-refractivity contribution in [1.29, 1.82) is 0 Å². The zero-order valence-electron chi connectivity index (χ0n) is 12.9. The van der Waals surface area contributed by atoms with E-state index in [9.17, 15) is 9.59 Å². The van der Waals surface area contributed by atoms with Crippen LogP contribution in [0.5, 0.6) is 5.75 Å². The summed E-state index contributed by atoms with van der Waals surface area (Å²) in [5.41, 5.74) is 1.65. The monoisotopic (exact) mass is 376 g/mol. The summed E-state index contributed by atoms with van der Waals surface area (Å²) in [6, 6.07) is 12.2. The minimum atomic E-state index is -0.290. The van der Waals surface area contributed by atoms with E-state index in [0.29, 0.717) is 29.1 Å². The molecule has 0 aliphatic heterocycles. The van der Waals surface area contributed by atoms with Crippen LogP contribution in [-0.4, -0.2) is 18.9 Å². The molecule has 0 fully saturated rings. The van der Waals surface area contributed by atoms with E-state index >= 15 is 0 Å². The molecule has 120 valence electrons. The van der Waals surface area contributed by atoms with Crippen molar-refractivity contribution in [2.24, 2.45) is 0 Å². The standard InChI is InChI=1S/C17H17BrN2O3/c1-3-16(21)19-12-5-4-6-13(10-12)20-17(22)14-9-11(18)7-8-15(14)23-2/h4-10H,3H2,1-2H3,(H,19,21)(H,20,22). The van der Waals surface area contributed by atoms with Crippen LogP contribution < -0.4 is 15.4 Å². The summed E-state index contributed by atoms with van der Waals surface area (Å²) in [7, 11) is 1.51. The molecule has 2 aromatic carbocycles. The number of hydrogen-bond acceptors (Lipinski definition) is 3. The number of methoxy groups -OCH3 is 1. The molecule has 2 amide bonds. The Bertz CT molecular complexity index is 732. The molecule has 2 N–H and O–H groups in total. The zero-order valence-corrected chi connectivity index (χ0v) is 14.4. The molecule has 5 nitrogen and oxygen atoms in total. The second-order valence-corrected chi connectivity index (χ2v) is 5.70. The van der Waals surface area contributed by atoms with Crippen molar-refractivity contribution in [3.63, 3.8) is 0 Å². The smallest absolute Gasteiger partial charge is 0.259 e. The van der Waals surface area contributed by atoms with Crippen molar-refractivity contribution < 1.29 is 14.3 Å². The van der Waals surface area contributed by atoms with E-state index in [2.05, 4.69) is 26.6 Å². The van der Waals surface area contributed by atoms with Crippen LogP contribution >= 0.6 is 15.9 Å². The Balaban J connectivity index is 2.19. The van der Waals surface area contributed by atoms with Gasteiger partial charge in [-0.3, -0.25) is 9.59 Å². The van der Waals surface area contributed by atoms with Gasteiger partial charge in [0.15, 0.2) is 0 Å². The van der Waals surface area contributed by atoms with E-state index in [-0.39, 0.29) is 11.8 Å². The lowest BCUT2D eigenvalue weighted by Crippen LogP contribution is -2.14. The van der Waals surface area contributed by atoms with E-state index < -0.39 is 0 Å². The number of carbonyl (C=O) groups is 2. The molecule has 0 saturated heterocycles. The fourth-order valence-corrected chi connectivity index (χ4v) is 2.34. The summed E-state index contributed by atoms with van der Waals surface area (Å²) in [6.07, 6.45) is 0.395. The Morgan fingerprint density at radius 2 is 1.78 bits per heavy atom. The molecule has 0 aliphatic carbocycles. The maximum atomic E-state index is 12.4. The molecule has 2 rings (SSSR count). The number of halogens is 1. The molecule has 0 atom stereocenters. The number of carbonyl (C=O) groups excluding carboxylic acids is 2. The molecule has 2 aromatic rings. The molecule has 0 aliphatic rings.